The largest absolute Gasteiger partial charge is 0.497 e. The van der Waals surface area contributed by atoms with E-state index in [9.17, 15) is 4.79 Å². The molecule has 1 aromatic carbocycles. The van der Waals surface area contributed by atoms with Crippen LogP contribution in [0.2, 0.25) is 0 Å². The lowest BCUT2D eigenvalue weighted by Gasteiger charge is -2.25. The summed E-state index contributed by atoms with van der Waals surface area (Å²) >= 11 is 0. The fraction of sp³-hybridized carbons (Fsp3) is 0.500. The van der Waals surface area contributed by atoms with Gasteiger partial charge in [-0.3, -0.25) is 4.79 Å². The van der Waals surface area contributed by atoms with Gasteiger partial charge in [-0.2, -0.15) is 4.98 Å². The summed E-state index contributed by atoms with van der Waals surface area (Å²) in [7, 11) is 1.66. The van der Waals surface area contributed by atoms with Gasteiger partial charge in [-0.25, -0.2) is 0 Å². The van der Waals surface area contributed by atoms with Gasteiger partial charge in [-0.1, -0.05) is 17.3 Å². The van der Waals surface area contributed by atoms with Gasteiger partial charge in [0.15, 0.2) is 5.82 Å². The first-order valence-corrected chi connectivity index (χ1v) is 8.40. The van der Waals surface area contributed by atoms with Crippen molar-refractivity contribution >= 4 is 5.91 Å². The summed E-state index contributed by atoms with van der Waals surface area (Å²) in [4.78, 5) is 18.8. The topological polar surface area (TPSA) is 68.5 Å². The van der Waals surface area contributed by atoms with Crippen molar-refractivity contribution in [3.05, 3.63) is 41.5 Å². The number of methoxy groups -OCH3 is 1. The standard InChI is InChI=1S/C18H23N3O3/c1-13-19-17(24-20-13)6-3-7-18(22)21-12-4-5-16(21)14-8-10-15(23-2)11-9-14/h8-11,16H,3-7,12H2,1-2H3. The molecule has 24 heavy (non-hydrogen) atoms. The minimum Gasteiger partial charge on any atom is -0.497 e. The van der Waals surface area contributed by atoms with Crippen LogP contribution in [0.3, 0.4) is 0 Å². The third-order valence-electron chi connectivity index (χ3n) is 4.42. The Kier molecular flexibility index (Phi) is 5.13. The Hall–Kier alpha value is -2.37. The van der Waals surface area contributed by atoms with E-state index >= 15 is 0 Å². The fourth-order valence-electron chi connectivity index (χ4n) is 3.21. The molecule has 1 aliphatic rings. The first-order chi connectivity index (χ1) is 11.7. The zero-order chi connectivity index (χ0) is 16.9. The van der Waals surface area contributed by atoms with Crippen molar-refractivity contribution in [1.82, 2.24) is 15.0 Å². The van der Waals surface area contributed by atoms with Crippen LogP contribution in [-0.4, -0.2) is 34.6 Å². The number of nitrogens with zero attached hydrogens (tertiary/aromatic N) is 3. The first kappa shape index (κ1) is 16.5. The normalized spacial score (nSPS) is 17.2. The highest BCUT2D eigenvalue weighted by atomic mass is 16.5. The highest BCUT2D eigenvalue weighted by Crippen LogP contribution is 2.33. The number of hydrogen-bond donors (Lipinski definition) is 0. The maximum Gasteiger partial charge on any atom is 0.226 e. The van der Waals surface area contributed by atoms with E-state index in [1.807, 2.05) is 17.0 Å². The number of aryl methyl sites for hydroxylation is 2. The van der Waals surface area contributed by atoms with Gasteiger partial charge in [-0.05, 0) is 43.9 Å². The van der Waals surface area contributed by atoms with Crippen molar-refractivity contribution in [2.75, 3.05) is 13.7 Å². The number of rotatable bonds is 6. The Morgan fingerprint density at radius 2 is 2.17 bits per heavy atom. The Labute approximate surface area is 141 Å². The van der Waals surface area contributed by atoms with Gasteiger partial charge in [0.2, 0.25) is 11.8 Å². The third-order valence-corrected chi connectivity index (χ3v) is 4.42. The van der Waals surface area contributed by atoms with Crippen molar-refractivity contribution in [2.45, 2.75) is 45.1 Å². The molecule has 1 aliphatic heterocycles. The average Bonchev–Trinajstić information content (AvgIpc) is 3.24. The van der Waals surface area contributed by atoms with Crippen LogP contribution in [0.5, 0.6) is 5.75 Å². The van der Waals surface area contributed by atoms with E-state index < -0.39 is 0 Å². The van der Waals surface area contributed by atoms with Gasteiger partial charge >= 0.3 is 0 Å². The highest BCUT2D eigenvalue weighted by molar-refractivity contribution is 5.77. The number of likely N-dealkylation sites (tertiary alicyclic amines) is 1. The number of benzene rings is 1. The summed E-state index contributed by atoms with van der Waals surface area (Å²) < 4.78 is 10.3. The predicted octanol–water partition coefficient (Wildman–Crippen LogP) is 3.07. The average molecular weight is 329 g/mol. The summed E-state index contributed by atoms with van der Waals surface area (Å²) in [6, 6.07) is 8.18. The smallest absolute Gasteiger partial charge is 0.226 e. The lowest BCUT2D eigenvalue weighted by molar-refractivity contribution is -0.132. The molecule has 0 saturated carbocycles. The molecular formula is C18H23N3O3. The molecule has 1 fully saturated rings. The van der Waals surface area contributed by atoms with Crippen molar-refractivity contribution in [1.29, 1.82) is 0 Å². The van der Waals surface area contributed by atoms with Crippen molar-refractivity contribution in [2.24, 2.45) is 0 Å². The second-order valence-electron chi connectivity index (χ2n) is 6.11. The molecule has 2 heterocycles. The van der Waals surface area contributed by atoms with E-state index in [0.29, 0.717) is 24.6 Å². The van der Waals surface area contributed by atoms with Crippen LogP contribution < -0.4 is 4.74 Å². The van der Waals surface area contributed by atoms with E-state index in [-0.39, 0.29) is 11.9 Å². The molecule has 6 heteroatoms. The monoisotopic (exact) mass is 329 g/mol. The molecule has 6 nitrogen and oxygen atoms in total. The highest BCUT2D eigenvalue weighted by Gasteiger charge is 2.29. The quantitative estimate of drug-likeness (QED) is 0.814. The van der Waals surface area contributed by atoms with Crippen molar-refractivity contribution in [3.63, 3.8) is 0 Å². The minimum atomic E-state index is 0.175. The molecule has 1 aromatic heterocycles. The molecule has 1 atom stereocenters. The third kappa shape index (κ3) is 3.75. The molecule has 128 valence electrons. The number of carbonyl (C=O) groups is 1. The van der Waals surface area contributed by atoms with Gasteiger partial charge in [0.05, 0.1) is 13.2 Å². The molecule has 0 radical (unpaired) electrons. The van der Waals surface area contributed by atoms with Crippen LogP contribution in [0.1, 0.15) is 49.0 Å². The van der Waals surface area contributed by atoms with Crippen molar-refractivity contribution < 1.29 is 14.1 Å². The molecule has 0 N–H and O–H groups in total. The van der Waals surface area contributed by atoms with Gasteiger partial charge in [0, 0.05) is 19.4 Å². The second kappa shape index (κ2) is 7.47. The van der Waals surface area contributed by atoms with Crippen LogP contribution in [0, 0.1) is 6.92 Å². The second-order valence-corrected chi connectivity index (χ2v) is 6.11. The zero-order valence-corrected chi connectivity index (χ0v) is 14.2. The Bertz CT molecular complexity index is 681. The number of ether oxygens (including phenoxy) is 1. The molecule has 1 saturated heterocycles. The SMILES string of the molecule is COc1ccc(C2CCCN2C(=O)CCCc2nc(C)no2)cc1. The van der Waals surface area contributed by atoms with E-state index in [2.05, 4.69) is 22.3 Å². The molecule has 0 aliphatic carbocycles. The molecule has 0 bridgehead atoms. The van der Waals surface area contributed by atoms with E-state index in [1.165, 1.54) is 5.56 Å². The van der Waals surface area contributed by atoms with Gasteiger partial charge in [-0.15, -0.1) is 0 Å². The van der Waals surface area contributed by atoms with E-state index in [4.69, 9.17) is 9.26 Å². The molecule has 3 rings (SSSR count). The van der Waals surface area contributed by atoms with E-state index in [0.717, 1.165) is 31.6 Å². The number of hydrogen-bond acceptors (Lipinski definition) is 5. The van der Waals surface area contributed by atoms with Gasteiger partial charge in [0.25, 0.3) is 0 Å². The molecular weight excluding hydrogens is 306 g/mol. The van der Waals surface area contributed by atoms with Crippen LogP contribution in [0.15, 0.2) is 28.8 Å². The molecule has 1 amide bonds. The van der Waals surface area contributed by atoms with Crippen LogP contribution in [-0.2, 0) is 11.2 Å². The predicted molar refractivity (Wildman–Crippen MR) is 88.7 cm³/mol. The summed E-state index contributed by atoms with van der Waals surface area (Å²) in [6.07, 6.45) is 3.94. The fourth-order valence-corrected chi connectivity index (χ4v) is 3.21. The molecule has 1 unspecified atom stereocenters. The van der Waals surface area contributed by atoms with Gasteiger partial charge in [0.1, 0.15) is 5.75 Å². The molecule has 2 aromatic rings. The lowest BCUT2D eigenvalue weighted by Crippen LogP contribution is -2.30. The van der Waals surface area contributed by atoms with Crippen LogP contribution in [0.25, 0.3) is 0 Å². The van der Waals surface area contributed by atoms with Crippen LogP contribution in [0.4, 0.5) is 0 Å². The number of carbonyl (C=O) groups excluding carboxylic acids is 1. The lowest BCUT2D eigenvalue weighted by atomic mass is 10.0. The molecule has 0 spiro atoms. The van der Waals surface area contributed by atoms with Gasteiger partial charge < -0.3 is 14.2 Å². The number of aromatic nitrogens is 2. The summed E-state index contributed by atoms with van der Waals surface area (Å²) in [5.74, 6) is 2.28. The summed E-state index contributed by atoms with van der Waals surface area (Å²) in [5, 5.41) is 3.77. The maximum absolute atomic E-state index is 12.6. The first-order valence-electron chi connectivity index (χ1n) is 8.40. The maximum atomic E-state index is 12.6. The van der Waals surface area contributed by atoms with E-state index in [1.54, 1.807) is 14.0 Å². The van der Waals surface area contributed by atoms with Crippen LogP contribution >= 0.6 is 0 Å². The summed E-state index contributed by atoms with van der Waals surface area (Å²) in [6.45, 7) is 2.62. The summed E-state index contributed by atoms with van der Waals surface area (Å²) in [5.41, 5.74) is 1.18. The Balaban J connectivity index is 1.56. The zero-order valence-electron chi connectivity index (χ0n) is 14.2. The number of amides is 1. The minimum absolute atomic E-state index is 0.175. The van der Waals surface area contributed by atoms with Crippen molar-refractivity contribution in [3.8, 4) is 5.75 Å². The Morgan fingerprint density at radius 3 is 2.83 bits per heavy atom. The Morgan fingerprint density at radius 1 is 1.38 bits per heavy atom.